The van der Waals surface area contributed by atoms with Gasteiger partial charge in [0, 0.05) is 37.6 Å². The lowest BCUT2D eigenvalue weighted by molar-refractivity contribution is -0.116. The van der Waals surface area contributed by atoms with Crippen molar-refractivity contribution in [1.82, 2.24) is 9.47 Å². The number of aryl methyl sites for hydroxylation is 3. The van der Waals surface area contributed by atoms with Crippen molar-refractivity contribution in [3.05, 3.63) is 63.6 Å². The molecule has 0 atom stereocenters. The quantitative estimate of drug-likeness (QED) is 0.929. The highest BCUT2D eigenvalue weighted by atomic mass is 16.2. The van der Waals surface area contributed by atoms with Crippen molar-refractivity contribution in [2.45, 2.75) is 13.8 Å². The van der Waals surface area contributed by atoms with E-state index in [9.17, 15) is 14.4 Å². The van der Waals surface area contributed by atoms with E-state index in [1.807, 2.05) is 32.0 Å². The third-order valence-corrected chi connectivity index (χ3v) is 3.82. The molecule has 0 spiro atoms. The zero-order chi connectivity index (χ0) is 17.9. The molecule has 0 unspecified atom stereocenters. The SMILES string of the molecule is Cc1cccc(C)c1NC(=O)CN(C)C(=O)c1ccn(C)c(=O)c1. The predicted molar refractivity (Wildman–Crippen MR) is 93.2 cm³/mol. The second kappa shape index (κ2) is 7.12. The molecule has 6 nitrogen and oxygen atoms in total. The molecule has 0 saturated carbocycles. The van der Waals surface area contributed by atoms with Gasteiger partial charge in [-0.05, 0) is 31.0 Å². The van der Waals surface area contributed by atoms with Crippen LogP contribution in [0.15, 0.2) is 41.3 Å². The molecule has 24 heavy (non-hydrogen) atoms. The number of nitrogens with zero attached hydrogens (tertiary/aromatic N) is 2. The van der Waals surface area contributed by atoms with Gasteiger partial charge < -0.3 is 14.8 Å². The Balaban J connectivity index is 2.07. The normalized spacial score (nSPS) is 10.3. The number of anilines is 1. The Hall–Kier alpha value is -2.89. The van der Waals surface area contributed by atoms with E-state index in [0.29, 0.717) is 0 Å². The predicted octanol–water partition coefficient (Wildman–Crippen LogP) is 1.71. The highest BCUT2D eigenvalue weighted by Gasteiger charge is 2.16. The van der Waals surface area contributed by atoms with Crippen LogP contribution in [0.5, 0.6) is 0 Å². The van der Waals surface area contributed by atoms with Crippen LogP contribution in [0.4, 0.5) is 5.69 Å². The third-order valence-electron chi connectivity index (χ3n) is 3.82. The van der Waals surface area contributed by atoms with Crippen LogP contribution in [-0.4, -0.2) is 34.9 Å². The molecule has 1 heterocycles. The maximum absolute atomic E-state index is 12.3. The number of rotatable bonds is 4. The van der Waals surface area contributed by atoms with Gasteiger partial charge in [-0.1, -0.05) is 18.2 Å². The molecule has 0 aliphatic rings. The number of hydrogen-bond acceptors (Lipinski definition) is 3. The van der Waals surface area contributed by atoms with Gasteiger partial charge >= 0.3 is 0 Å². The zero-order valence-corrected chi connectivity index (χ0v) is 14.3. The summed E-state index contributed by atoms with van der Waals surface area (Å²) in [4.78, 5) is 37.4. The Morgan fingerprint density at radius 1 is 1.17 bits per heavy atom. The molecule has 0 fully saturated rings. The molecular weight excluding hydrogens is 306 g/mol. The summed E-state index contributed by atoms with van der Waals surface area (Å²) in [5.41, 5.74) is 2.68. The molecule has 2 rings (SSSR count). The fourth-order valence-corrected chi connectivity index (χ4v) is 2.38. The zero-order valence-electron chi connectivity index (χ0n) is 14.3. The van der Waals surface area contributed by atoms with Gasteiger partial charge in [0.05, 0.1) is 6.54 Å². The molecule has 2 amide bonds. The fourth-order valence-electron chi connectivity index (χ4n) is 2.38. The number of nitrogens with one attached hydrogen (secondary N) is 1. The second-order valence-electron chi connectivity index (χ2n) is 5.84. The summed E-state index contributed by atoms with van der Waals surface area (Å²) in [5, 5.41) is 2.84. The van der Waals surface area contributed by atoms with Gasteiger partial charge in [0.15, 0.2) is 0 Å². The summed E-state index contributed by atoms with van der Waals surface area (Å²) in [6.45, 7) is 3.73. The van der Waals surface area contributed by atoms with Crippen LogP contribution >= 0.6 is 0 Å². The van der Waals surface area contributed by atoms with Crippen molar-refractivity contribution in [2.24, 2.45) is 7.05 Å². The maximum Gasteiger partial charge on any atom is 0.254 e. The number of benzene rings is 1. The number of aromatic nitrogens is 1. The molecule has 1 N–H and O–H groups in total. The monoisotopic (exact) mass is 327 g/mol. The van der Waals surface area contributed by atoms with Gasteiger partial charge in [0.25, 0.3) is 11.5 Å². The fraction of sp³-hybridized carbons (Fsp3) is 0.278. The first-order valence-corrected chi connectivity index (χ1v) is 7.58. The van der Waals surface area contributed by atoms with E-state index < -0.39 is 0 Å². The average molecular weight is 327 g/mol. The van der Waals surface area contributed by atoms with E-state index in [0.717, 1.165) is 16.8 Å². The minimum absolute atomic E-state index is 0.0954. The van der Waals surface area contributed by atoms with Crippen LogP contribution in [-0.2, 0) is 11.8 Å². The third kappa shape index (κ3) is 3.90. The molecule has 0 aliphatic carbocycles. The number of pyridine rings is 1. The summed E-state index contributed by atoms with van der Waals surface area (Å²) >= 11 is 0. The smallest absolute Gasteiger partial charge is 0.254 e. The van der Waals surface area contributed by atoms with Crippen LogP contribution in [0.25, 0.3) is 0 Å². The van der Waals surface area contributed by atoms with Crippen molar-refractivity contribution in [3.63, 3.8) is 0 Å². The summed E-state index contributed by atoms with van der Waals surface area (Å²) in [6, 6.07) is 8.58. The van der Waals surface area contributed by atoms with E-state index in [1.54, 1.807) is 13.1 Å². The molecule has 0 radical (unpaired) electrons. The maximum atomic E-state index is 12.3. The molecule has 2 aromatic rings. The lowest BCUT2D eigenvalue weighted by Gasteiger charge is -2.18. The lowest BCUT2D eigenvalue weighted by atomic mass is 10.1. The molecule has 0 saturated heterocycles. The van der Waals surface area contributed by atoms with Gasteiger partial charge in [-0.3, -0.25) is 14.4 Å². The van der Waals surface area contributed by atoms with Crippen LogP contribution < -0.4 is 10.9 Å². The van der Waals surface area contributed by atoms with Crippen molar-refractivity contribution >= 4 is 17.5 Å². The second-order valence-corrected chi connectivity index (χ2v) is 5.84. The van der Waals surface area contributed by atoms with E-state index >= 15 is 0 Å². The number of hydrogen-bond donors (Lipinski definition) is 1. The molecule has 1 aromatic heterocycles. The number of amides is 2. The number of para-hydroxylation sites is 1. The summed E-state index contributed by atoms with van der Waals surface area (Å²) in [5.74, 6) is -0.656. The van der Waals surface area contributed by atoms with Gasteiger partial charge in [-0.15, -0.1) is 0 Å². The van der Waals surface area contributed by atoms with E-state index in [2.05, 4.69) is 5.32 Å². The van der Waals surface area contributed by atoms with Crippen LogP contribution in [0.3, 0.4) is 0 Å². The summed E-state index contributed by atoms with van der Waals surface area (Å²) in [6.07, 6.45) is 1.53. The molecule has 0 bridgehead atoms. The first kappa shape index (κ1) is 17.5. The highest BCUT2D eigenvalue weighted by molar-refractivity contribution is 5.99. The number of carbonyl (C=O) groups is 2. The van der Waals surface area contributed by atoms with Gasteiger partial charge in [0.1, 0.15) is 0 Å². The van der Waals surface area contributed by atoms with Crippen molar-refractivity contribution in [2.75, 3.05) is 18.9 Å². The molecular formula is C18H21N3O3. The van der Waals surface area contributed by atoms with Crippen LogP contribution in [0.1, 0.15) is 21.5 Å². The van der Waals surface area contributed by atoms with Crippen molar-refractivity contribution < 1.29 is 9.59 Å². The Morgan fingerprint density at radius 2 is 1.79 bits per heavy atom. The first-order valence-electron chi connectivity index (χ1n) is 7.58. The first-order chi connectivity index (χ1) is 11.3. The largest absolute Gasteiger partial charge is 0.332 e. The number of likely N-dealkylation sites (N-methyl/N-ethyl adjacent to an activating group) is 1. The Kier molecular flexibility index (Phi) is 5.18. The molecule has 0 aliphatic heterocycles. The van der Waals surface area contributed by atoms with Crippen LogP contribution in [0, 0.1) is 13.8 Å². The van der Waals surface area contributed by atoms with Crippen LogP contribution in [0.2, 0.25) is 0 Å². The average Bonchev–Trinajstić information content (AvgIpc) is 2.53. The van der Waals surface area contributed by atoms with E-state index in [-0.39, 0.29) is 29.5 Å². The van der Waals surface area contributed by atoms with Gasteiger partial charge in [0.2, 0.25) is 5.91 Å². The number of carbonyl (C=O) groups excluding carboxylic acids is 2. The Labute approximate surface area is 140 Å². The highest BCUT2D eigenvalue weighted by Crippen LogP contribution is 2.19. The minimum Gasteiger partial charge on any atom is -0.332 e. The lowest BCUT2D eigenvalue weighted by Crippen LogP contribution is -2.35. The Morgan fingerprint density at radius 3 is 2.38 bits per heavy atom. The standard InChI is InChI=1S/C18H21N3O3/c1-12-6-5-7-13(2)17(12)19-15(22)11-21(4)18(24)14-8-9-20(3)16(23)10-14/h5-10H,11H2,1-4H3,(H,19,22). The van der Waals surface area contributed by atoms with Crippen molar-refractivity contribution in [1.29, 1.82) is 0 Å². The topological polar surface area (TPSA) is 71.4 Å². The van der Waals surface area contributed by atoms with E-state index in [1.165, 1.54) is 28.8 Å². The molecule has 1 aromatic carbocycles. The minimum atomic E-state index is -0.371. The van der Waals surface area contributed by atoms with Gasteiger partial charge in [-0.25, -0.2) is 0 Å². The van der Waals surface area contributed by atoms with E-state index in [4.69, 9.17) is 0 Å². The van der Waals surface area contributed by atoms with Gasteiger partial charge in [-0.2, -0.15) is 0 Å². The molecule has 126 valence electrons. The molecule has 6 heteroatoms. The Bertz CT molecular complexity index is 819. The van der Waals surface area contributed by atoms with Crippen molar-refractivity contribution in [3.8, 4) is 0 Å². The summed E-state index contributed by atoms with van der Waals surface area (Å²) < 4.78 is 1.38. The summed E-state index contributed by atoms with van der Waals surface area (Å²) in [7, 11) is 3.14.